The van der Waals surface area contributed by atoms with E-state index in [2.05, 4.69) is 20.4 Å². The lowest BCUT2D eigenvalue weighted by Crippen LogP contribution is -2.32. The molecule has 7 heteroatoms. The topological polar surface area (TPSA) is 92.4 Å². The second kappa shape index (κ2) is 5.74. The van der Waals surface area contributed by atoms with Crippen molar-refractivity contribution >= 4 is 28.5 Å². The molecule has 0 radical (unpaired) electrons. The molecule has 2 aromatic heterocycles. The minimum absolute atomic E-state index is 0.0845. The van der Waals surface area contributed by atoms with Crippen molar-refractivity contribution in [3.63, 3.8) is 0 Å². The van der Waals surface area contributed by atoms with E-state index in [4.69, 9.17) is 0 Å². The lowest BCUT2D eigenvalue weighted by Gasteiger charge is -2.27. The number of nitrogens with one attached hydrogen (secondary N) is 1. The number of hydrogen-bond acceptors (Lipinski definition) is 5. The van der Waals surface area contributed by atoms with Gasteiger partial charge in [0.2, 0.25) is 5.95 Å². The first kappa shape index (κ1) is 14.9. The highest BCUT2D eigenvalue weighted by Gasteiger charge is 2.27. The maximum atomic E-state index is 11.3. The van der Waals surface area contributed by atoms with Gasteiger partial charge in [0, 0.05) is 11.4 Å². The number of fused-ring (bicyclic) bond motifs is 3. The molecule has 4 rings (SSSR count). The highest BCUT2D eigenvalue weighted by Crippen LogP contribution is 2.28. The molecule has 0 bridgehead atoms. The van der Waals surface area contributed by atoms with Gasteiger partial charge < -0.3 is 10.4 Å². The Morgan fingerprint density at radius 2 is 2.12 bits per heavy atom. The van der Waals surface area contributed by atoms with Gasteiger partial charge in [-0.1, -0.05) is 18.6 Å². The van der Waals surface area contributed by atoms with Crippen LogP contribution in [0.15, 0.2) is 24.3 Å². The van der Waals surface area contributed by atoms with E-state index in [1.165, 1.54) is 0 Å². The van der Waals surface area contributed by atoms with Crippen LogP contribution in [0.5, 0.6) is 0 Å². The highest BCUT2D eigenvalue weighted by atomic mass is 16.4. The first-order valence-electron chi connectivity index (χ1n) is 8.23. The van der Waals surface area contributed by atoms with E-state index in [-0.39, 0.29) is 12.0 Å². The van der Waals surface area contributed by atoms with Crippen molar-refractivity contribution in [3.8, 4) is 0 Å². The van der Waals surface area contributed by atoms with Gasteiger partial charge in [0.15, 0.2) is 5.65 Å². The third kappa shape index (κ3) is 2.55. The Labute approximate surface area is 138 Å². The van der Waals surface area contributed by atoms with Crippen molar-refractivity contribution in [2.75, 3.05) is 5.32 Å². The predicted molar refractivity (Wildman–Crippen MR) is 90.0 cm³/mol. The number of aryl methyl sites for hydroxylation is 1. The van der Waals surface area contributed by atoms with Crippen LogP contribution in [0, 0.1) is 12.8 Å². The number of rotatable bonds is 3. The smallest absolute Gasteiger partial charge is 0.306 e. The standard InChI is InChI=1S/C17H19N5O2/c1-10-18-15-13-7-2-3-8-14(13)20-17(22(15)21-10)19-12-6-4-5-11(9-12)16(23)24/h2-3,7-8,11-12H,4-6,9H2,1H3,(H,19,20)(H,23,24)/t11-,12+/m0/s1. The van der Waals surface area contributed by atoms with Crippen LogP contribution in [-0.2, 0) is 4.79 Å². The number of hydrogen-bond donors (Lipinski definition) is 2. The summed E-state index contributed by atoms with van der Waals surface area (Å²) >= 11 is 0. The van der Waals surface area contributed by atoms with Crippen LogP contribution < -0.4 is 5.32 Å². The van der Waals surface area contributed by atoms with Gasteiger partial charge in [-0.15, -0.1) is 5.10 Å². The van der Waals surface area contributed by atoms with E-state index in [9.17, 15) is 9.90 Å². The molecule has 24 heavy (non-hydrogen) atoms. The van der Waals surface area contributed by atoms with Crippen LogP contribution in [0.3, 0.4) is 0 Å². The molecule has 1 fully saturated rings. The quantitative estimate of drug-likeness (QED) is 0.769. The molecule has 124 valence electrons. The zero-order chi connectivity index (χ0) is 16.7. The summed E-state index contributed by atoms with van der Waals surface area (Å²) in [5.41, 5.74) is 1.62. The molecular formula is C17H19N5O2. The lowest BCUT2D eigenvalue weighted by atomic mass is 9.86. The normalized spacial score (nSPS) is 21.2. The van der Waals surface area contributed by atoms with Gasteiger partial charge in [0.05, 0.1) is 11.4 Å². The van der Waals surface area contributed by atoms with E-state index >= 15 is 0 Å². The average molecular weight is 325 g/mol. The third-order valence-electron chi connectivity index (χ3n) is 4.64. The molecule has 0 spiro atoms. The maximum Gasteiger partial charge on any atom is 0.306 e. The van der Waals surface area contributed by atoms with Gasteiger partial charge in [-0.2, -0.15) is 4.52 Å². The maximum absolute atomic E-state index is 11.3. The molecule has 0 aliphatic heterocycles. The second-order valence-electron chi connectivity index (χ2n) is 6.39. The Morgan fingerprint density at radius 3 is 2.96 bits per heavy atom. The van der Waals surface area contributed by atoms with Crippen molar-refractivity contribution in [1.82, 2.24) is 19.6 Å². The van der Waals surface area contributed by atoms with E-state index < -0.39 is 5.97 Å². The summed E-state index contributed by atoms with van der Waals surface area (Å²) in [4.78, 5) is 20.5. The molecule has 1 aliphatic carbocycles. The fourth-order valence-electron chi connectivity index (χ4n) is 3.48. The van der Waals surface area contributed by atoms with Crippen LogP contribution in [-0.4, -0.2) is 36.7 Å². The minimum Gasteiger partial charge on any atom is -0.481 e. The molecule has 1 saturated carbocycles. The number of carboxylic acid groups (broad SMARTS) is 1. The van der Waals surface area contributed by atoms with Crippen molar-refractivity contribution in [2.24, 2.45) is 5.92 Å². The molecule has 2 heterocycles. The Balaban J connectivity index is 1.74. The first-order chi connectivity index (χ1) is 11.6. The molecule has 1 aliphatic rings. The molecule has 0 unspecified atom stereocenters. The summed E-state index contributed by atoms with van der Waals surface area (Å²) in [6.07, 6.45) is 3.20. The van der Waals surface area contributed by atoms with Crippen LogP contribution in [0.4, 0.5) is 5.95 Å². The number of carbonyl (C=O) groups is 1. The van der Waals surface area contributed by atoms with Gasteiger partial charge in [0.1, 0.15) is 5.82 Å². The van der Waals surface area contributed by atoms with E-state index in [0.717, 1.165) is 35.8 Å². The van der Waals surface area contributed by atoms with Crippen molar-refractivity contribution in [2.45, 2.75) is 38.6 Å². The van der Waals surface area contributed by atoms with Gasteiger partial charge >= 0.3 is 5.97 Å². The van der Waals surface area contributed by atoms with Crippen LogP contribution in [0.2, 0.25) is 0 Å². The number of benzene rings is 1. The summed E-state index contributed by atoms with van der Waals surface area (Å²) in [5.74, 6) is 0.308. The largest absolute Gasteiger partial charge is 0.481 e. The molecule has 1 aromatic carbocycles. The summed E-state index contributed by atoms with van der Waals surface area (Å²) in [6, 6.07) is 7.92. The lowest BCUT2D eigenvalue weighted by molar-refractivity contribution is -0.142. The van der Waals surface area contributed by atoms with Gasteiger partial charge in [0.25, 0.3) is 0 Å². The van der Waals surface area contributed by atoms with Gasteiger partial charge in [-0.3, -0.25) is 4.79 Å². The van der Waals surface area contributed by atoms with Crippen molar-refractivity contribution < 1.29 is 9.90 Å². The molecule has 3 aromatic rings. The minimum atomic E-state index is -0.713. The highest BCUT2D eigenvalue weighted by molar-refractivity contribution is 5.92. The van der Waals surface area contributed by atoms with E-state index in [1.54, 1.807) is 4.52 Å². The Morgan fingerprint density at radius 1 is 1.29 bits per heavy atom. The van der Waals surface area contributed by atoms with Crippen LogP contribution >= 0.6 is 0 Å². The Kier molecular flexibility index (Phi) is 3.55. The average Bonchev–Trinajstić information content (AvgIpc) is 2.97. The zero-order valence-corrected chi connectivity index (χ0v) is 13.4. The van der Waals surface area contributed by atoms with Gasteiger partial charge in [-0.05, 0) is 38.3 Å². The molecule has 0 saturated heterocycles. The predicted octanol–water partition coefficient (Wildman–Crippen LogP) is 2.64. The molecular weight excluding hydrogens is 306 g/mol. The molecule has 7 nitrogen and oxygen atoms in total. The summed E-state index contributed by atoms with van der Waals surface area (Å²) in [5, 5.41) is 18.1. The molecule has 2 N–H and O–H groups in total. The van der Waals surface area contributed by atoms with E-state index in [1.807, 2.05) is 31.2 Å². The summed E-state index contributed by atoms with van der Waals surface area (Å²) < 4.78 is 1.72. The van der Waals surface area contributed by atoms with E-state index in [0.29, 0.717) is 18.2 Å². The van der Waals surface area contributed by atoms with Crippen LogP contribution in [0.1, 0.15) is 31.5 Å². The number of nitrogens with zero attached hydrogens (tertiary/aromatic N) is 4. The SMILES string of the molecule is Cc1nc2c3ccccc3nc(N[C@@H]3CCC[C@H](C(=O)O)C3)n2n1. The fourth-order valence-corrected chi connectivity index (χ4v) is 3.48. The number of aromatic nitrogens is 4. The van der Waals surface area contributed by atoms with Gasteiger partial charge in [-0.25, -0.2) is 9.97 Å². The van der Waals surface area contributed by atoms with Crippen LogP contribution in [0.25, 0.3) is 16.6 Å². The Bertz CT molecular complexity index is 920. The number of carboxylic acids is 1. The number of para-hydroxylation sites is 1. The first-order valence-corrected chi connectivity index (χ1v) is 8.23. The fraction of sp³-hybridized carbons (Fsp3) is 0.412. The molecule has 0 amide bonds. The Hall–Kier alpha value is -2.70. The number of aliphatic carboxylic acids is 1. The second-order valence-corrected chi connectivity index (χ2v) is 6.39. The number of anilines is 1. The zero-order valence-electron chi connectivity index (χ0n) is 13.4. The van der Waals surface area contributed by atoms with Crippen molar-refractivity contribution in [1.29, 1.82) is 0 Å². The summed E-state index contributed by atoms with van der Waals surface area (Å²) in [7, 11) is 0. The monoisotopic (exact) mass is 325 g/mol. The molecule has 2 atom stereocenters. The summed E-state index contributed by atoms with van der Waals surface area (Å²) in [6.45, 7) is 1.85. The third-order valence-corrected chi connectivity index (χ3v) is 4.64. The van der Waals surface area contributed by atoms with Crippen molar-refractivity contribution in [3.05, 3.63) is 30.1 Å².